The van der Waals surface area contributed by atoms with Crippen LogP contribution >= 0.6 is 11.6 Å². The van der Waals surface area contributed by atoms with E-state index in [0.29, 0.717) is 5.88 Å². The van der Waals surface area contributed by atoms with Crippen molar-refractivity contribution in [3.05, 3.63) is 24.0 Å². The normalized spacial score (nSPS) is 11.0. The molecule has 0 N–H and O–H groups in total. The maximum Gasteiger partial charge on any atom is 0.0562 e. The lowest BCUT2D eigenvalue weighted by Crippen LogP contribution is -1.83. The van der Waals surface area contributed by atoms with Crippen LogP contribution in [-0.4, -0.2) is 15.7 Å². The fourth-order valence-corrected chi connectivity index (χ4v) is 0.796. The molecule has 0 spiro atoms. The van der Waals surface area contributed by atoms with Gasteiger partial charge in [0.2, 0.25) is 0 Å². The molecule has 2 nitrogen and oxygen atoms in total. The van der Waals surface area contributed by atoms with E-state index in [2.05, 4.69) is 5.10 Å². The highest BCUT2D eigenvalue weighted by Crippen LogP contribution is 1.98. The van der Waals surface area contributed by atoms with Crippen LogP contribution in [0.15, 0.2) is 18.5 Å². The molecule has 0 bridgehead atoms. The molecule has 1 rings (SSSR count). The number of hydrogen-bond donors (Lipinski definition) is 0. The van der Waals surface area contributed by atoms with E-state index in [1.807, 2.05) is 25.4 Å². The summed E-state index contributed by atoms with van der Waals surface area (Å²) in [5.74, 6) is 0.550. The van der Waals surface area contributed by atoms with E-state index in [1.54, 1.807) is 10.9 Å². The zero-order valence-corrected chi connectivity index (χ0v) is 6.54. The lowest BCUT2D eigenvalue weighted by Gasteiger charge is -1.81. The number of halogens is 1. The molecule has 0 amide bonds. The monoisotopic (exact) mass is 156 g/mol. The Morgan fingerprint density at radius 3 is 3.10 bits per heavy atom. The Morgan fingerprint density at radius 1 is 1.80 bits per heavy atom. The predicted molar refractivity (Wildman–Crippen MR) is 43.0 cm³/mol. The molecule has 54 valence electrons. The first-order valence-electron chi connectivity index (χ1n) is 3.04. The molecule has 0 fully saturated rings. The molecule has 10 heavy (non-hydrogen) atoms. The molecule has 0 aliphatic heterocycles. The van der Waals surface area contributed by atoms with Crippen LogP contribution in [0.2, 0.25) is 0 Å². The van der Waals surface area contributed by atoms with Gasteiger partial charge in [-0.05, 0) is 0 Å². The first-order valence-corrected chi connectivity index (χ1v) is 3.57. The number of aryl methyl sites for hydroxylation is 1. The van der Waals surface area contributed by atoms with Crippen LogP contribution < -0.4 is 0 Å². The second-order valence-electron chi connectivity index (χ2n) is 2.00. The summed E-state index contributed by atoms with van der Waals surface area (Å²) in [5.41, 5.74) is 1.09. The molecule has 0 saturated carbocycles. The van der Waals surface area contributed by atoms with E-state index in [9.17, 15) is 0 Å². The Morgan fingerprint density at radius 2 is 2.60 bits per heavy atom. The van der Waals surface area contributed by atoms with Crippen LogP contribution in [0.5, 0.6) is 0 Å². The Bertz CT molecular complexity index is 227. The fourth-order valence-electron chi connectivity index (χ4n) is 0.707. The molecule has 0 aliphatic rings. The maximum absolute atomic E-state index is 5.44. The average Bonchev–Trinajstić information content (AvgIpc) is 2.31. The van der Waals surface area contributed by atoms with Crippen LogP contribution in [0.4, 0.5) is 0 Å². The van der Waals surface area contributed by atoms with Crippen molar-refractivity contribution in [3.8, 4) is 0 Å². The molecule has 0 saturated heterocycles. The third kappa shape index (κ3) is 1.88. The van der Waals surface area contributed by atoms with E-state index < -0.39 is 0 Å². The van der Waals surface area contributed by atoms with Crippen molar-refractivity contribution < 1.29 is 0 Å². The van der Waals surface area contributed by atoms with Crippen LogP contribution in [0, 0.1) is 0 Å². The van der Waals surface area contributed by atoms with E-state index >= 15 is 0 Å². The molecule has 0 atom stereocenters. The van der Waals surface area contributed by atoms with Gasteiger partial charge < -0.3 is 0 Å². The summed E-state index contributed by atoms with van der Waals surface area (Å²) in [6, 6.07) is 0. The van der Waals surface area contributed by atoms with Crippen LogP contribution in [0.25, 0.3) is 6.08 Å². The largest absolute Gasteiger partial charge is 0.275 e. The standard InChI is InChI=1S/C7H9ClN2/c1-10-6-7(5-9-10)3-2-4-8/h2-3,5-6H,4H2,1H3/b3-2-. The van der Waals surface area contributed by atoms with Crippen LogP contribution in [-0.2, 0) is 7.05 Å². The highest BCUT2D eigenvalue weighted by molar-refractivity contribution is 6.19. The minimum Gasteiger partial charge on any atom is -0.275 e. The molecule has 0 radical (unpaired) electrons. The molecule has 1 aromatic heterocycles. The lowest BCUT2D eigenvalue weighted by molar-refractivity contribution is 0.767. The van der Waals surface area contributed by atoms with Crippen molar-refractivity contribution in [2.45, 2.75) is 0 Å². The summed E-state index contributed by atoms with van der Waals surface area (Å²) < 4.78 is 1.76. The van der Waals surface area contributed by atoms with E-state index in [4.69, 9.17) is 11.6 Å². The maximum atomic E-state index is 5.44. The molecular weight excluding hydrogens is 148 g/mol. The number of aromatic nitrogens is 2. The zero-order chi connectivity index (χ0) is 7.40. The Balaban J connectivity index is 2.67. The van der Waals surface area contributed by atoms with Crippen molar-refractivity contribution in [1.82, 2.24) is 9.78 Å². The van der Waals surface area contributed by atoms with Crippen LogP contribution in [0.1, 0.15) is 5.56 Å². The van der Waals surface area contributed by atoms with Gasteiger partial charge in [0, 0.05) is 24.7 Å². The topological polar surface area (TPSA) is 17.8 Å². The third-order valence-corrected chi connectivity index (χ3v) is 1.30. The van der Waals surface area contributed by atoms with Gasteiger partial charge in [-0.15, -0.1) is 11.6 Å². The highest BCUT2D eigenvalue weighted by atomic mass is 35.5. The molecule has 0 aliphatic carbocycles. The Labute approximate surface area is 65.1 Å². The van der Waals surface area contributed by atoms with E-state index in [-0.39, 0.29) is 0 Å². The summed E-state index contributed by atoms with van der Waals surface area (Å²) in [6.45, 7) is 0. The second kappa shape index (κ2) is 3.42. The minimum atomic E-state index is 0.550. The highest BCUT2D eigenvalue weighted by Gasteiger charge is 1.87. The van der Waals surface area contributed by atoms with Gasteiger partial charge in [-0.3, -0.25) is 4.68 Å². The number of allylic oxidation sites excluding steroid dienone is 1. The third-order valence-electron chi connectivity index (χ3n) is 1.12. The average molecular weight is 157 g/mol. The number of rotatable bonds is 2. The van der Waals surface area contributed by atoms with Crippen molar-refractivity contribution in [2.24, 2.45) is 7.05 Å². The number of hydrogen-bond acceptors (Lipinski definition) is 1. The Hall–Kier alpha value is -0.760. The van der Waals surface area contributed by atoms with Crippen molar-refractivity contribution >= 4 is 17.7 Å². The summed E-state index contributed by atoms with van der Waals surface area (Å²) in [7, 11) is 1.89. The first-order chi connectivity index (χ1) is 4.83. The number of alkyl halides is 1. The molecular formula is C7H9ClN2. The van der Waals surface area contributed by atoms with Crippen LogP contribution in [0.3, 0.4) is 0 Å². The van der Waals surface area contributed by atoms with Gasteiger partial charge in [-0.2, -0.15) is 5.10 Å². The quantitative estimate of drug-likeness (QED) is 0.596. The van der Waals surface area contributed by atoms with Gasteiger partial charge in [0.25, 0.3) is 0 Å². The summed E-state index contributed by atoms with van der Waals surface area (Å²) in [5, 5.41) is 3.99. The first kappa shape index (κ1) is 7.35. The van der Waals surface area contributed by atoms with Crippen molar-refractivity contribution in [1.29, 1.82) is 0 Å². The smallest absolute Gasteiger partial charge is 0.0562 e. The molecule has 1 aromatic rings. The van der Waals surface area contributed by atoms with E-state index in [1.165, 1.54) is 0 Å². The van der Waals surface area contributed by atoms with Crippen molar-refractivity contribution in [2.75, 3.05) is 5.88 Å². The molecule has 1 heterocycles. The van der Waals surface area contributed by atoms with Gasteiger partial charge >= 0.3 is 0 Å². The summed E-state index contributed by atoms with van der Waals surface area (Å²) in [4.78, 5) is 0. The number of nitrogens with zero attached hydrogens (tertiary/aromatic N) is 2. The van der Waals surface area contributed by atoms with Gasteiger partial charge in [0.05, 0.1) is 6.20 Å². The molecule has 0 unspecified atom stereocenters. The van der Waals surface area contributed by atoms with Gasteiger partial charge in [-0.1, -0.05) is 12.2 Å². The van der Waals surface area contributed by atoms with Gasteiger partial charge in [0.1, 0.15) is 0 Å². The lowest BCUT2D eigenvalue weighted by atomic mass is 10.3. The zero-order valence-electron chi connectivity index (χ0n) is 5.79. The van der Waals surface area contributed by atoms with Gasteiger partial charge in [0.15, 0.2) is 0 Å². The van der Waals surface area contributed by atoms with Crippen molar-refractivity contribution in [3.63, 3.8) is 0 Å². The van der Waals surface area contributed by atoms with E-state index in [0.717, 1.165) is 5.56 Å². The Kier molecular flexibility index (Phi) is 2.51. The second-order valence-corrected chi connectivity index (χ2v) is 2.31. The summed E-state index contributed by atoms with van der Waals surface area (Å²) in [6.07, 6.45) is 7.56. The minimum absolute atomic E-state index is 0.550. The molecule has 3 heteroatoms. The predicted octanol–water partition coefficient (Wildman–Crippen LogP) is 1.67. The SMILES string of the molecule is Cn1cc(/C=C\CCl)cn1. The summed E-state index contributed by atoms with van der Waals surface area (Å²) >= 11 is 5.44. The fraction of sp³-hybridized carbons (Fsp3) is 0.286. The molecule has 0 aromatic carbocycles. The van der Waals surface area contributed by atoms with Gasteiger partial charge in [-0.25, -0.2) is 0 Å².